The summed E-state index contributed by atoms with van der Waals surface area (Å²) in [6.45, 7) is 20.3. The highest BCUT2D eigenvalue weighted by molar-refractivity contribution is 5.22. The quantitative estimate of drug-likeness (QED) is 0.714. The van der Waals surface area contributed by atoms with Crippen molar-refractivity contribution in [2.45, 2.75) is 61.8 Å². The molecule has 0 heterocycles. The van der Waals surface area contributed by atoms with Gasteiger partial charge in [0.05, 0.1) is 0 Å². The Hall–Kier alpha value is -1.24. The lowest BCUT2D eigenvalue weighted by Crippen LogP contribution is -2.14. The highest BCUT2D eigenvalue weighted by Crippen LogP contribution is 2.13. The molecule has 1 heteroatoms. The van der Waals surface area contributed by atoms with Gasteiger partial charge in [0.1, 0.15) is 0 Å². The normalized spacial score (nSPS) is 9.45. The Morgan fingerprint density at radius 1 is 1.00 bits per heavy atom. The Balaban J connectivity index is -0.000000425. The molecule has 0 aliphatic carbocycles. The first kappa shape index (κ1) is 23.8. The van der Waals surface area contributed by atoms with E-state index in [0.29, 0.717) is 5.92 Å². The lowest BCUT2D eigenvalue weighted by Gasteiger charge is -2.14. The maximum absolute atomic E-state index is 3.98. The number of benzene rings is 1. The highest BCUT2D eigenvalue weighted by atomic mass is 14.8. The van der Waals surface area contributed by atoms with Crippen LogP contribution in [-0.4, -0.2) is 7.05 Å². The maximum Gasteiger partial charge on any atom is 0.00631 e. The molecule has 1 rings (SSSR count). The number of allylic oxidation sites excluding steroid dienone is 1. The molecule has 0 bridgehead atoms. The molecule has 1 aromatic carbocycles. The molecule has 20 heavy (non-hydrogen) atoms. The fourth-order valence-electron chi connectivity index (χ4n) is 1.45. The molecule has 118 valence electrons. The predicted molar refractivity (Wildman–Crippen MR) is 96.3 cm³/mol. The van der Waals surface area contributed by atoms with Crippen LogP contribution in [0.15, 0.2) is 36.5 Å². The van der Waals surface area contributed by atoms with Crippen molar-refractivity contribution in [1.29, 1.82) is 0 Å². The summed E-state index contributed by atoms with van der Waals surface area (Å²) >= 11 is 0. The Bertz CT molecular complexity index is 298. The summed E-state index contributed by atoms with van der Waals surface area (Å²) in [6, 6.07) is 8.69. The molecule has 0 aliphatic heterocycles. The fourth-order valence-corrected chi connectivity index (χ4v) is 1.45. The van der Waals surface area contributed by atoms with Gasteiger partial charge < -0.3 is 5.32 Å². The summed E-state index contributed by atoms with van der Waals surface area (Å²) < 4.78 is 0. The summed E-state index contributed by atoms with van der Waals surface area (Å²) in [4.78, 5) is 0. The van der Waals surface area contributed by atoms with Crippen LogP contribution in [0.2, 0.25) is 0 Å². The second-order valence-electron chi connectivity index (χ2n) is 3.87. The van der Waals surface area contributed by atoms with Gasteiger partial charge in [0.25, 0.3) is 0 Å². The second kappa shape index (κ2) is 17.8. The molecule has 0 unspecified atom stereocenters. The average molecular weight is 280 g/mol. The van der Waals surface area contributed by atoms with Gasteiger partial charge in [0, 0.05) is 12.7 Å². The van der Waals surface area contributed by atoms with Crippen LogP contribution in [0.25, 0.3) is 0 Å². The van der Waals surface area contributed by atoms with Crippen molar-refractivity contribution in [2.24, 2.45) is 5.92 Å². The molecule has 1 N–H and O–H groups in total. The van der Waals surface area contributed by atoms with Crippen molar-refractivity contribution in [3.8, 4) is 0 Å². The third kappa shape index (κ3) is 11.8. The SMILES string of the molecule is C=C(NC)[C@H](C)Cc1ccc(C)cc1.CC.CC.CC. The van der Waals surface area contributed by atoms with Crippen molar-refractivity contribution in [2.75, 3.05) is 7.05 Å². The Labute approximate surface area is 128 Å². The number of aryl methyl sites for hydroxylation is 1. The number of hydrogen-bond donors (Lipinski definition) is 1. The molecule has 1 aromatic rings. The van der Waals surface area contributed by atoms with E-state index < -0.39 is 0 Å². The lowest BCUT2D eigenvalue weighted by molar-refractivity contribution is 0.633. The van der Waals surface area contributed by atoms with Crippen LogP contribution >= 0.6 is 0 Å². The number of rotatable bonds is 4. The number of hydrogen-bond acceptors (Lipinski definition) is 1. The summed E-state index contributed by atoms with van der Waals surface area (Å²) in [7, 11) is 1.92. The van der Waals surface area contributed by atoms with Crippen molar-refractivity contribution in [3.63, 3.8) is 0 Å². The molecule has 0 aromatic heterocycles. The molecule has 0 amide bonds. The van der Waals surface area contributed by atoms with Crippen molar-refractivity contribution in [3.05, 3.63) is 47.7 Å². The minimum atomic E-state index is 0.489. The minimum absolute atomic E-state index is 0.489. The van der Waals surface area contributed by atoms with Crippen molar-refractivity contribution in [1.82, 2.24) is 5.32 Å². The van der Waals surface area contributed by atoms with Crippen LogP contribution in [0, 0.1) is 12.8 Å². The first-order valence-corrected chi connectivity index (χ1v) is 8.05. The zero-order valence-corrected chi connectivity index (χ0v) is 15.3. The van der Waals surface area contributed by atoms with Gasteiger partial charge in [-0.1, -0.05) is 84.9 Å². The molecular weight excluding hydrogens is 242 g/mol. The van der Waals surface area contributed by atoms with E-state index in [1.54, 1.807) is 0 Å². The van der Waals surface area contributed by atoms with Gasteiger partial charge in [0.15, 0.2) is 0 Å². The van der Waals surface area contributed by atoms with Crippen LogP contribution in [0.5, 0.6) is 0 Å². The van der Waals surface area contributed by atoms with Crippen molar-refractivity contribution >= 4 is 0 Å². The highest BCUT2D eigenvalue weighted by Gasteiger charge is 2.05. The molecule has 1 nitrogen and oxygen atoms in total. The largest absolute Gasteiger partial charge is 0.392 e. The van der Waals surface area contributed by atoms with E-state index in [0.717, 1.165) is 12.1 Å². The van der Waals surface area contributed by atoms with E-state index in [9.17, 15) is 0 Å². The van der Waals surface area contributed by atoms with Gasteiger partial charge in [-0.25, -0.2) is 0 Å². The lowest BCUT2D eigenvalue weighted by atomic mass is 9.98. The van der Waals surface area contributed by atoms with Crippen LogP contribution in [0.3, 0.4) is 0 Å². The topological polar surface area (TPSA) is 12.0 Å². The molecule has 0 radical (unpaired) electrons. The molecule has 0 spiro atoms. The Kier molecular flexibility index (Phi) is 21.2. The van der Waals surface area contributed by atoms with Crippen LogP contribution < -0.4 is 5.32 Å². The molecule has 0 saturated heterocycles. The van der Waals surface area contributed by atoms with E-state index >= 15 is 0 Å². The van der Waals surface area contributed by atoms with Gasteiger partial charge >= 0.3 is 0 Å². The van der Waals surface area contributed by atoms with Crippen molar-refractivity contribution < 1.29 is 0 Å². The molecule has 0 aliphatic rings. The van der Waals surface area contributed by atoms with Crippen LogP contribution in [0.1, 0.15) is 59.6 Å². The van der Waals surface area contributed by atoms with E-state index in [1.807, 2.05) is 48.6 Å². The van der Waals surface area contributed by atoms with Gasteiger partial charge in [0.2, 0.25) is 0 Å². The van der Waals surface area contributed by atoms with Crippen LogP contribution in [-0.2, 0) is 6.42 Å². The second-order valence-corrected chi connectivity index (χ2v) is 3.87. The van der Waals surface area contributed by atoms with E-state index in [2.05, 4.69) is 50.0 Å². The number of nitrogens with one attached hydrogen (secondary N) is 1. The van der Waals surface area contributed by atoms with Crippen LogP contribution in [0.4, 0.5) is 0 Å². The van der Waals surface area contributed by atoms with E-state index in [-0.39, 0.29) is 0 Å². The first-order valence-electron chi connectivity index (χ1n) is 8.05. The van der Waals surface area contributed by atoms with Gasteiger partial charge in [-0.05, 0) is 24.8 Å². The summed E-state index contributed by atoms with van der Waals surface area (Å²) in [5.41, 5.74) is 3.79. The van der Waals surface area contributed by atoms with Gasteiger partial charge in [-0.15, -0.1) is 0 Å². The van der Waals surface area contributed by atoms with Gasteiger partial charge in [-0.2, -0.15) is 0 Å². The Morgan fingerprint density at radius 3 is 1.75 bits per heavy atom. The summed E-state index contributed by atoms with van der Waals surface area (Å²) in [6.07, 6.45) is 1.06. The third-order valence-electron chi connectivity index (χ3n) is 2.58. The minimum Gasteiger partial charge on any atom is -0.392 e. The van der Waals surface area contributed by atoms with E-state index in [1.165, 1.54) is 11.1 Å². The molecule has 0 saturated carbocycles. The first-order chi connectivity index (χ1) is 9.63. The third-order valence-corrected chi connectivity index (χ3v) is 2.58. The summed E-state index contributed by atoms with van der Waals surface area (Å²) in [5.74, 6) is 0.489. The standard InChI is InChI=1S/C13H19N.3C2H6/c1-10-5-7-13(8-6-10)9-11(2)12(3)14-4;3*1-2/h5-8,11,14H,3,9H2,1-2,4H3;3*1-2H3/t11-;;;/m1.../s1. The monoisotopic (exact) mass is 279 g/mol. The predicted octanol–water partition coefficient (Wildman–Crippen LogP) is 5.99. The Morgan fingerprint density at radius 2 is 1.40 bits per heavy atom. The smallest absolute Gasteiger partial charge is 0.00631 e. The molecule has 1 atom stereocenters. The molecular formula is C19H37N. The molecule has 0 fully saturated rings. The summed E-state index contributed by atoms with van der Waals surface area (Å²) in [5, 5.41) is 3.10. The van der Waals surface area contributed by atoms with E-state index in [4.69, 9.17) is 0 Å². The zero-order chi connectivity index (χ0) is 16.6. The fraction of sp³-hybridized carbons (Fsp3) is 0.579. The van der Waals surface area contributed by atoms with Gasteiger partial charge in [-0.3, -0.25) is 0 Å². The zero-order valence-electron chi connectivity index (χ0n) is 15.3. The maximum atomic E-state index is 3.98. The average Bonchev–Trinajstić information content (AvgIpc) is 2.54.